The number of ether oxygens (including phenoxy) is 1. The number of nitrogens with zero attached hydrogens (tertiary/aromatic N) is 3. The van der Waals surface area contributed by atoms with Gasteiger partial charge in [-0.05, 0) is 19.1 Å². The van der Waals surface area contributed by atoms with Gasteiger partial charge in [-0.25, -0.2) is 9.67 Å². The average Bonchev–Trinajstić information content (AvgIpc) is 2.96. The summed E-state index contributed by atoms with van der Waals surface area (Å²) in [5, 5.41) is 4.29. The van der Waals surface area contributed by atoms with Gasteiger partial charge in [0.1, 0.15) is 18.4 Å². The molecular formula is C15H13N3O3. The molecule has 3 aromatic rings. The van der Waals surface area contributed by atoms with Gasteiger partial charge >= 0.3 is 0 Å². The van der Waals surface area contributed by atoms with E-state index in [0.717, 1.165) is 5.69 Å². The third kappa shape index (κ3) is 3.00. The van der Waals surface area contributed by atoms with Crippen LogP contribution in [0.25, 0.3) is 5.69 Å². The Bertz CT molecular complexity index is 793. The van der Waals surface area contributed by atoms with E-state index in [1.807, 2.05) is 30.3 Å². The molecule has 0 N–H and O–H groups in total. The van der Waals surface area contributed by atoms with Crippen LogP contribution in [0.5, 0.6) is 5.75 Å². The largest absolute Gasteiger partial charge is 0.478 e. The van der Waals surface area contributed by atoms with Crippen LogP contribution in [0.2, 0.25) is 0 Å². The molecule has 2 heterocycles. The quantitative estimate of drug-likeness (QED) is 0.733. The van der Waals surface area contributed by atoms with Crippen molar-refractivity contribution < 1.29 is 9.15 Å². The lowest BCUT2D eigenvalue weighted by molar-refractivity contribution is 0.281. The van der Waals surface area contributed by atoms with E-state index in [1.165, 1.54) is 12.3 Å². The number of rotatable bonds is 4. The van der Waals surface area contributed by atoms with Crippen molar-refractivity contribution in [2.24, 2.45) is 0 Å². The maximum absolute atomic E-state index is 11.7. The minimum absolute atomic E-state index is 0.105. The van der Waals surface area contributed by atoms with E-state index in [0.29, 0.717) is 11.6 Å². The first-order valence-corrected chi connectivity index (χ1v) is 6.40. The Hall–Kier alpha value is -2.89. The zero-order valence-corrected chi connectivity index (χ0v) is 11.4. The third-order valence-electron chi connectivity index (χ3n) is 2.85. The lowest BCUT2D eigenvalue weighted by Crippen LogP contribution is -2.08. The number of aryl methyl sites for hydroxylation is 1. The van der Waals surface area contributed by atoms with Crippen LogP contribution in [0.1, 0.15) is 11.6 Å². The molecule has 2 aromatic heterocycles. The SMILES string of the molecule is Cc1cc(=O)c(OCc2ncn(-c3ccccc3)n2)co1. The lowest BCUT2D eigenvalue weighted by Gasteiger charge is -2.02. The van der Waals surface area contributed by atoms with E-state index < -0.39 is 0 Å². The van der Waals surface area contributed by atoms with E-state index in [4.69, 9.17) is 9.15 Å². The number of hydrogen-bond donors (Lipinski definition) is 0. The molecule has 0 aliphatic carbocycles. The molecule has 0 bridgehead atoms. The second kappa shape index (κ2) is 5.62. The highest BCUT2D eigenvalue weighted by Gasteiger charge is 2.06. The van der Waals surface area contributed by atoms with Crippen LogP contribution in [-0.2, 0) is 6.61 Å². The van der Waals surface area contributed by atoms with Gasteiger partial charge in [-0.2, -0.15) is 0 Å². The van der Waals surface area contributed by atoms with Crippen molar-refractivity contribution in [2.45, 2.75) is 13.5 Å². The summed E-state index contributed by atoms with van der Waals surface area (Å²) in [4.78, 5) is 15.8. The van der Waals surface area contributed by atoms with Crippen LogP contribution in [0.4, 0.5) is 0 Å². The molecule has 0 radical (unpaired) electrons. The van der Waals surface area contributed by atoms with Gasteiger partial charge in [0, 0.05) is 6.07 Å². The number of aromatic nitrogens is 3. The van der Waals surface area contributed by atoms with E-state index in [9.17, 15) is 4.79 Å². The standard InChI is InChI=1S/C15H13N3O3/c1-11-7-13(19)14(8-20-11)21-9-15-16-10-18(17-15)12-5-3-2-4-6-12/h2-8,10H,9H2,1H3. The summed E-state index contributed by atoms with van der Waals surface area (Å²) in [6, 6.07) is 11.0. The van der Waals surface area contributed by atoms with Crippen molar-refractivity contribution in [1.82, 2.24) is 14.8 Å². The molecule has 0 atom stereocenters. The summed E-state index contributed by atoms with van der Waals surface area (Å²) in [5.41, 5.74) is 0.687. The topological polar surface area (TPSA) is 70.2 Å². The fraction of sp³-hybridized carbons (Fsp3) is 0.133. The monoisotopic (exact) mass is 283 g/mol. The normalized spacial score (nSPS) is 10.5. The van der Waals surface area contributed by atoms with Crippen molar-refractivity contribution in [3.05, 3.63) is 70.8 Å². The first kappa shape index (κ1) is 13.1. The van der Waals surface area contributed by atoms with Crippen molar-refractivity contribution in [3.8, 4) is 11.4 Å². The Morgan fingerprint density at radius 3 is 2.86 bits per heavy atom. The van der Waals surface area contributed by atoms with Gasteiger partial charge in [0.15, 0.2) is 12.4 Å². The number of benzene rings is 1. The van der Waals surface area contributed by atoms with Gasteiger partial charge in [-0.3, -0.25) is 4.79 Å². The summed E-state index contributed by atoms with van der Waals surface area (Å²) in [6.45, 7) is 1.81. The Morgan fingerprint density at radius 2 is 2.10 bits per heavy atom. The predicted octanol–water partition coefficient (Wildman–Crippen LogP) is 2.11. The van der Waals surface area contributed by atoms with Crippen LogP contribution in [0.15, 0.2) is 58.2 Å². The van der Waals surface area contributed by atoms with Crippen molar-refractivity contribution in [1.29, 1.82) is 0 Å². The van der Waals surface area contributed by atoms with Gasteiger partial charge in [0.25, 0.3) is 0 Å². The summed E-state index contributed by atoms with van der Waals surface area (Å²) in [5.74, 6) is 1.18. The molecule has 1 aromatic carbocycles. The molecule has 6 heteroatoms. The molecule has 0 fully saturated rings. The Labute approximate surface area is 120 Å². The third-order valence-corrected chi connectivity index (χ3v) is 2.85. The van der Waals surface area contributed by atoms with Crippen LogP contribution >= 0.6 is 0 Å². The second-order valence-electron chi connectivity index (χ2n) is 4.45. The van der Waals surface area contributed by atoms with E-state index in [1.54, 1.807) is 17.9 Å². The maximum Gasteiger partial charge on any atom is 0.226 e. The van der Waals surface area contributed by atoms with Gasteiger partial charge in [0.05, 0.1) is 5.69 Å². The molecule has 0 unspecified atom stereocenters. The maximum atomic E-state index is 11.7. The molecule has 0 aliphatic heterocycles. The van der Waals surface area contributed by atoms with Crippen molar-refractivity contribution in [3.63, 3.8) is 0 Å². The molecule has 0 amide bonds. The van der Waals surface area contributed by atoms with Crippen LogP contribution < -0.4 is 10.2 Å². The Balaban J connectivity index is 1.72. The fourth-order valence-electron chi connectivity index (χ4n) is 1.81. The molecule has 6 nitrogen and oxygen atoms in total. The highest BCUT2D eigenvalue weighted by molar-refractivity contribution is 5.29. The highest BCUT2D eigenvalue weighted by Crippen LogP contribution is 2.08. The lowest BCUT2D eigenvalue weighted by atomic mass is 10.3. The molecule has 106 valence electrons. The predicted molar refractivity (Wildman–Crippen MR) is 75.4 cm³/mol. The Morgan fingerprint density at radius 1 is 1.29 bits per heavy atom. The summed E-state index contributed by atoms with van der Waals surface area (Å²) in [6.07, 6.45) is 2.90. The summed E-state index contributed by atoms with van der Waals surface area (Å²) < 4.78 is 12.2. The van der Waals surface area contributed by atoms with Gasteiger partial charge in [-0.15, -0.1) is 5.10 Å². The molecule has 0 saturated heterocycles. The van der Waals surface area contributed by atoms with Crippen molar-refractivity contribution >= 4 is 0 Å². The summed E-state index contributed by atoms with van der Waals surface area (Å²) in [7, 11) is 0. The molecule has 3 rings (SSSR count). The average molecular weight is 283 g/mol. The minimum atomic E-state index is -0.221. The molecule has 21 heavy (non-hydrogen) atoms. The summed E-state index contributed by atoms with van der Waals surface area (Å²) >= 11 is 0. The number of para-hydroxylation sites is 1. The first-order valence-electron chi connectivity index (χ1n) is 6.40. The van der Waals surface area contributed by atoms with Gasteiger partial charge < -0.3 is 9.15 Å². The van der Waals surface area contributed by atoms with E-state index in [-0.39, 0.29) is 17.8 Å². The fourth-order valence-corrected chi connectivity index (χ4v) is 1.81. The smallest absolute Gasteiger partial charge is 0.226 e. The minimum Gasteiger partial charge on any atom is -0.478 e. The molecular weight excluding hydrogens is 270 g/mol. The van der Waals surface area contributed by atoms with Gasteiger partial charge in [-0.1, -0.05) is 18.2 Å². The zero-order valence-electron chi connectivity index (χ0n) is 11.4. The Kier molecular flexibility index (Phi) is 3.51. The van der Waals surface area contributed by atoms with Gasteiger partial charge in [0.2, 0.25) is 11.2 Å². The molecule has 0 saturated carbocycles. The van der Waals surface area contributed by atoms with Crippen LogP contribution in [-0.4, -0.2) is 14.8 Å². The molecule has 0 aliphatic rings. The number of hydrogen-bond acceptors (Lipinski definition) is 5. The second-order valence-corrected chi connectivity index (χ2v) is 4.45. The van der Waals surface area contributed by atoms with Crippen LogP contribution in [0, 0.1) is 6.92 Å². The van der Waals surface area contributed by atoms with E-state index >= 15 is 0 Å². The van der Waals surface area contributed by atoms with Crippen LogP contribution in [0.3, 0.4) is 0 Å². The van der Waals surface area contributed by atoms with Crippen molar-refractivity contribution in [2.75, 3.05) is 0 Å². The van der Waals surface area contributed by atoms with E-state index in [2.05, 4.69) is 10.1 Å². The highest BCUT2D eigenvalue weighted by atomic mass is 16.5. The first-order chi connectivity index (χ1) is 10.2. The molecule has 0 spiro atoms. The zero-order chi connectivity index (χ0) is 14.7.